The number of aromatic nitrogens is 1. The first-order valence-electron chi connectivity index (χ1n) is 9.42. The predicted octanol–water partition coefficient (Wildman–Crippen LogP) is 3.29. The Labute approximate surface area is 182 Å². The molecule has 158 valence electrons. The second-order valence-electron chi connectivity index (χ2n) is 7.23. The van der Waals surface area contributed by atoms with Crippen LogP contribution in [0.25, 0.3) is 10.2 Å². The van der Waals surface area contributed by atoms with E-state index in [0.717, 1.165) is 21.6 Å². The number of fused-ring (bicyclic) bond motifs is 1. The largest absolute Gasteiger partial charge is 0.326 e. The minimum absolute atomic E-state index is 0.0530. The highest BCUT2D eigenvalue weighted by atomic mass is 35.5. The number of carbonyl (C=O) groups is 1. The molecular formula is C20H20ClN3O4S2. The predicted molar refractivity (Wildman–Crippen MR) is 119 cm³/mol. The SMILES string of the molecule is Cn1c(=O)sc2cc(NC(=O)C3CCN(S(=O)(=O)c4ccc(Cl)cc4)CC3)ccc21. The van der Waals surface area contributed by atoms with Crippen molar-refractivity contribution in [2.75, 3.05) is 18.4 Å². The maximum absolute atomic E-state index is 12.8. The van der Waals surface area contributed by atoms with Crippen molar-refractivity contribution in [3.05, 3.63) is 57.2 Å². The first-order valence-corrected chi connectivity index (χ1v) is 12.1. The molecule has 0 bridgehead atoms. The van der Waals surface area contributed by atoms with Crippen LogP contribution in [0.1, 0.15) is 12.8 Å². The van der Waals surface area contributed by atoms with E-state index in [1.54, 1.807) is 35.9 Å². The molecule has 0 unspecified atom stereocenters. The Morgan fingerprint density at radius 1 is 1.13 bits per heavy atom. The van der Waals surface area contributed by atoms with E-state index in [0.29, 0.717) is 23.6 Å². The number of anilines is 1. The highest BCUT2D eigenvalue weighted by Gasteiger charge is 2.32. The van der Waals surface area contributed by atoms with Gasteiger partial charge in [-0.1, -0.05) is 22.9 Å². The van der Waals surface area contributed by atoms with Crippen molar-refractivity contribution < 1.29 is 13.2 Å². The normalized spacial score (nSPS) is 16.1. The summed E-state index contributed by atoms with van der Waals surface area (Å²) in [6.45, 7) is 0.560. The molecule has 1 amide bonds. The summed E-state index contributed by atoms with van der Waals surface area (Å²) in [5.41, 5.74) is 1.45. The quantitative estimate of drug-likeness (QED) is 0.640. The van der Waals surface area contributed by atoms with Gasteiger partial charge >= 0.3 is 4.87 Å². The lowest BCUT2D eigenvalue weighted by Crippen LogP contribution is -2.41. The van der Waals surface area contributed by atoms with Gasteiger partial charge in [-0.25, -0.2) is 8.42 Å². The van der Waals surface area contributed by atoms with Crippen LogP contribution >= 0.6 is 22.9 Å². The summed E-state index contributed by atoms with van der Waals surface area (Å²) in [5, 5.41) is 3.37. The van der Waals surface area contributed by atoms with Gasteiger partial charge in [-0.2, -0.15) is 4.31 Å². The Bertz CT molecular complexity index is 1260. The number of benzene rings is 2. The van der Waals surface area contributed by atoms with Gasteiger partial charge in [0.05, 0.1) is 15.1 Å². The molecule has 1 fully saturated rings. The van der Waals surface area contributed by atoms with E-state index in [2.05, 4.69) is 5.32 Å². The molecule has 0 spiro atoms. The Morgan fingerprint density at radius 3 is 2.47 bits per heavy atom. The Morgan fingerprint density at radius 2 is 1.80 bits per heavy atom. The Kier molecular flexibility index (Phi) is 5.71. The van der Waals surface area contributed by atoms with Gasteiger partial charge in [0.25, 0.3) is 0 Å². The maximum atomic E-state index is 12.8. The summed E-state index contributed by atoms with van der Waals surface area (Å²) in [6.07, 6.45) is 0.888. The first kappa shape index (κ1) is 21.0. The van der Waals surface area contributed by atoms with E-state index in [1.165, 1.54) is 16.4 Å². The minimum Gasteiger partial charge on any atom is -0.326 e. The summed E-state index contributed by atoms with van der Waals surface area (Å²) in [5.74, 6) is -0.409. The molecule has 0 radical (unpaired) electrons. The lowest BCUT2D eigenvalue weighted by molar-refractivity contribution is -0.120. The number of nitrogens with zero attached hydrogens (tertiary/aromatic N) is 2. The van der Waals surface area contributed by atoms with Crippen LogP contribution in [0.5, 0.6) is 0 Å². The number of hydrogen-bond acceptors (Lipinski definition) is 5. The average Bonchev–Trinajstić information content (AvgIpc) is 3.01. The molecule has 1 N–H and O–H groups in total. The van der Waals surface area contributed by atoms with Crippen molar-refractivity contribution in [2.45, 2.75) is 17.7 Å². The number of amides is 1. The van der Waals surface area contributed by atoms with Crippen LogP contribution < -0.4 is 10.2 Å². The van der Waals surface area contributed by atoms with Crippen molar-refractivity contribution in [1.29, 1.82) is 0 Å². The summed E-state index contributed by atoms with van der Waals surface area (Å²) in [7, 11) is -1.89. The molecule has 1 saturated heterocycles. The highest BCUT2D eigenvalue weighted by molar-refractivity contribution is 7.89. The summed E-state index contributed by atoms with van der Waals surface area (Å²) >= 11 is 6.97. The molecule has 2 aromatic carbocycles. The number of halogens is 1. The van der Waals surface area contributed by atoms with Crippen LogP contribution in [0, 0.1) is 5.92 Å². The van der Waals surface area contributed by atoms with Crippen LogP contribution in [-0.4, -0.2) is 36.3 Å². The third-order valence-electron chi connectivity index (χ3n) is 5.34. The lowest BCUT2D eigenvalue weighted by Gasteiger charge is -2.30. The van der Waals surface area contributed by atoms with Crippen LogP contribution in [0.4, 0.5) is 5.69 Å². The van der Waals surface area contributed by atoms with Crippen molar-refractivity contribution in [1.82, 2.24) is 8.87 Å². The molecule has 0 atom stereocenters. The third-order valence-corrected chi connectivity index (χ3v) is 8.50. The minimum atomic E-state index is -3.60. The van der Waals surface area contributed by atoms with Gasteiger partial charge in [0.1, 0.15) is 0 Å². The molecule has 7 nitrogen and oxygen atoms in total. The van der Waals surface area contributed by atoms with E-state index in [9.17, 15) is 18.0 Å². The lowest BCUT2D eigenvalue weighted by atomic mass is 9.97. The molecule has 1 aromatic heterocycles. The number of aryl methyl sites for hydroxylation is 1. The number of piperidine rings is 1. The molecule has 10 heteroatoms. The Hall–Kier alpha value is -2.20. The smallest absolute Gasteiger partial charge is 0.307 e. The van der Waals surface area contributed by atoms with Crippen molar-refractivity contribution in [3.63, 3.8) is 0 Å². The number of rotatable bonds is 4. The fraction of sp³-hybridized carbons (Fsp3) is 0.300. The topological polar surface area (TPSA) is 88.5 Å². The van der Waals surface area contributed by atoms with Crippen LogP contribution in [-0.2, 0) is 21.9 Å². The monoisotopic (exact) mass is 465 g/mol. The molecule has 1 aliphatic heterocycles. The standard InChI is InChI=1S/C20H20ClN3O4S2/c1-23-17-7-4-15(12-18(17)29-20(23)26)22-19(25)13-8-10-24(11-9-13)30(27,28)16-5-2-14(21)3-6-16/h2-7,12-13H,8-11H2,1H3,(H,22,25). The molecule has 0 saturated carbocycles. The van der Waals surface area contributed by atoms with Gasteiger partial charge < -0.3 is 9.88 Å². The average molecular weight is 466 g/mol. The van der Waals surface area contributed by atoms with E-state index >= 15 is 0 Å². The maximum Gasteiger partial charge on any atom is 0.307 e. The van der Waals surface area contributed by atoms with Gasteiger partial charge in [-0.15, -0.1) is 0 Å². The highest BCUT2D eigenvalue weighted by Crippen LogP contribution is 2.27. The van der Waals surface area contributed by atoms with Crippen LogP contribution in [0.2, 0.25) is 5.02 Å². The fourth-order valence-electron chi connectivity index (χ4n) is 3.57. The van der Waals surface area contributed by atoms with Crippen LogP contribution in [0.3, 0.4) is 0 Å². The zero-order valence-corrected chi connectivity index (χ0v) is 18.6. The van der Waals surface area contributed by atoms with Gasteiger partial charge in [0.2, 0.25) is 15.9 Å². The Balaban J connectivity index is 1.41. The van der Waals surface area contributed by atoms with Crippen LogP contribution in [0.15, 0.2) is 52.2 Å². The van der Waals surface area contributed by atoms with Crippen molar-refractivity contribution >= 4 is 54.8 Å². The van der Waals surface area contributed by atoms with Crippen molar-refractivity contribution in [2.24, 2.45) is 13.0 Å². The zero-order valence-electron chi connectivity index (χ0n) is 16.2. The molecule has 30 heavy (non-hydrogen) atoms. The number of thiazole rings is 1. The molecule has 4 rings (SSSR count). The number of carbonyl (C=O) groups excluding carboxylic acids is 1. The van der Waals surface area contributed by atoms with E-state index in [-0.39, 0.29) is 34.7 Å². The summed E-state index contributed by atoms with van der Waals surface area (Å²) in [4.78, 5) is 24.6. The molecular weight excluding hydrogens is 446 g/mol. The zero-order chi connectivity index (χ0) is 21.5. The number of sulfonamides is 1. The van der Waals surface area contributed by atoms with E-state index in [1.807, 2.05) is 6.07 Å². The van der Waals surface area contributed by atoms with Crippen molar-refractivity contribution in [3.8, 4) is 0 Å². The first-order chi connectivity index (χ1) is 14.3. The second kappa shape index (κ2) is 8.14. The second-order valence-corrected chi connectivity index (χ2v) is 10.6. The summed E-state index contributed by atoms with van der Waals surface area (Å²) < 4.78 is 29.3. The molecule has 1 aliphatic rings. The summed E-state index contributed by atoms with van der Waals surface area (Å²) in [6, 6.07) is 11.5. The van der Waals surface area contributed by atoms with Gasteiger partial charge in [0.15, 0.2) is 0 Å². The molecule has 3 aromatic rings. The van der Waals surface area contributed by atoms with Gasteiger partial charge in [-0.05, 0) is 55.3 Å². The number of hydrogen-bond donors (Lipinski definition) is 1. The third kappa shape index (κ3) is 4.02. The van der Waals surface area contributed by atoms with E-state index in [4.69, 9.17) is 11.6 Å². The van der Waals surface area contributed by atoms with E-state index < -0.39 is 10.0 Å². The molecule has 2 heterocycles. The molecule has 0 aliphatic carbocycles. The fourth-order valence-corrected chi connectivity index (χ4v) is 6.08. The van der Waals surface area contributed by atoms with Gasteiger partial charge in [0, 0.05) is 36.8 Å². The number of nitrogens with one attached hydrogen (secondary N) is 1. The van der Waals surface area contributed by atoms with Gasteiger partial charge in [-0.3, -0.25) is 9.59 Å².